The molecule has 4 amide bonds. The second kappa shape index (κ2) is 9.71. The minimum absolute atomic E-state index is 0.00192. The lowest BCUT2D eigenvalue weighted by atomic mass is 9.53. The summed E-state index contributed by atoms with van der Waals surface area (Å²) >= 11 is 0. The van der Waals surface area contributed by atoms with Gasteiger partial charge in [0.05, 0.1) is 0 Å². The first kappa shape index (κ1) is 24.1. The number of carbonyl (C=O) groups is 3. The average Bonchev–Trinajstić information content (AvgIpc) is 2.70. The van der Waals surface area contributed by atoms with E-state index in [0.717, 1.165) is 49.9 Å². The van der Waals surface area contributed by atoms with Crippen molar-refractivity contribution in [3.05, 3.63) is 0 Å². The van der Waals surface area contributed by atoms with Crippen molar-refractivity contribution in [2.24, 2.45) is 23.7 Å². The zero-order chi connectivity index (χ0) is 23.6. The summed E-state index contributed by atoms with van der Waals surface area (Å²) < 4.78 is 5.27. The van der Waals surface area contributed by atoms with Crippen molar-refractivity contribution in [1.82, 2.24) is 20.9 Å². The number of carbonyl (C=O) groups excluding carboxylic acids is 3. The molecular formula is C25H42N4O4. The Hall–Kier alpha value is -1.99. The van der Waals surface area contributed by atoms with Gasteiger partial charge in [0, 0.05) is 38.1 Å². The lowest BCUT2D eigenvalue weighted by Gasteiger charge is -2.56. The highest BCUT2D eigenvalue weighted by molar-refractivity contribution is 5.78. The van der Waals surface area contributed by atoms with Crippen molar-refractivity contribution in [1.29, 1.82) is 0 Å². The van der Waals surface area contributed by atoms with Crippen LogP contribution in [0.5, 0.6) is 0 Å². The Morgan fingerprint density at radius 2 is 1.52 bits per heavy atom. The molecule has 0 aromatic rings. The average molecular weight is 463 g/mol. The van der Waals surface area contributed by atoms with Crippen LogP contribution in [0.2, 0.25) is 0 Å². The second-order valence-corrected chi connectivity index (χ2v) is 12.0. The number of nitrogens with zero attached hydrogens (tertiary/aromatic N) is 1. The van der Waals surface area contributed by atoms with Gasteiger partial charge in [0.25, 0.3) is 0 Å². The van der Waals surface area contributed by atoms with E-state index in [1.54, 1.807) is 0 Å². The van der Waals surface area contributed by atoms with E-state index in [1.165, 1.54) is 19.3 Å². The van der Waals surface area contributed by atoms with Gasteiger partial charge in [0.1, 0.15) is 5.60 Å². The largest absolute Gasteiger partial charge is 0.444 e. The molecule has 4 bridgehead atoms. The molecular weight excluding hydrogens is 420 g/mol. The van der Waals surface area contributed by atoms with E-state index < -0.39 is 5.60 Å². The van der Waals surface area contributed by atoms with Gasteiger partial charge in [-0.1, -0.05) is 0 Å². The van der Waals surface area contributed by atoms with Crippen LogP contribution in [0.3, 0.4) is 0 Å². The lowest BCUT2D eigenvalue weighted by molar-refractivity contribution is -0.132. The van der Waals surface area contributed by atoms with Crippen molar-refractivity contribution >= 4 is 18.0 Å². The van der Waals surface area contributed by atoms with Crippen LogP contribution in [-0.4, -0.2) is 60.3 Å². The summed E-state index contributed by atoms with van der Waals surface area (Å²) in [5, 5.41) is 9.06. The van der Waals surface area contributed by atoms with E-state index in [9.17, 15) is 14.4 Å². The van der Waals surface area contributed by atoms with Crippen LogP contribution >= 0.6 is 0 Å². The van der Waals surface area contributed by atoms with Gasteiger partial charge in [-0.05, 0) is 95.8 Å². The SMILES string of the molecule is CC(C)(C)OC(=O)NCC1CCN(C(=O)CCNC(=O)NC23CC4CC(CC(C4)C2)C3)CC1. The van der Waals surface area contributed by atoms with E-state index >= 15 is 0 Å². The van der Waals surface area contributed by atoms with E-state index in [-0.39, 0.29) is 23.6 Å². The standard InChI is InChI=1S/C25H42N4O4/c1-24(2,3)33-23(32)27-16-17-5-8-29(9-6-17)21(30)4-7-26-22(31)28-25-13-18-10-19(14-25)12-20(11-18)15-25/h17-20H,4-16H2,1-3H3,(H,27,32)(H2,26,28,31). The van der Waals surface area contributed by atoms with E-state index in [2.05, 4.69) is 16.0 Å². The fourth-order valence-electron chi connectivity index (χ4n) is 6.92. The number of ether oxygens (including phenoxy) is 1. The monoisotopic (exact) mass is 462 g/mol. The van der Waals surface area contributed by atoms with E-state index in [0.29, 0.717) is 38.5 Å². The number of hydrogen-bond acceptors (Lipinski definition) is 4. The van der Waals surface area contributed by atoms with Crippen LogP contribution in [0.4, 0.5) is 9.59 Å². The molecule has 0 radical (unpaired) electrons. The maximum Gasteiger partial charge on any atom is 0.407 e. The summed E-state index contributed by atoms with van der Waals surface area (Å²) in [7, 11) is 0. The van der Waals surface area contributed by atoms with Crippen LogP contribution in [0.1, 0.15) is 78.6 Å². The maximum atomic E-state index is 12.6. The maximum absolute atomic E-state index is 12.6. The fourth-order valence-corrected chi connectivity index (χ4v) is 6.92. The molecule has 3 N–H and O–H groups in total. The Kier molecular flexibility index (Phi) is 7.10. The zero-order valence-corrected chi connectivity index (χ0v) is 20.6. The molecule has 186 valence electrons. The summed E-state index contributed by atoms with van der Waals surface area (Å²) in [4.78, 5) is 38.8. The molecule has 4 aliphatic carbocycles. The van der Waals surface area contributed by atoms with Gasteiger partial charge in [-0.25, -0.2) is 9.59 Å². The minimum atomic E-state index is -0.500. The Labute approximate surface area is 197 Å². The molecule has 1 saturated heterocycles. The van der Waals surface area contributed by atoms with Crippen molar-refractivity contribution in [3.63, 3.8) is 0 Å². The van der Waals surface area contributed by atoms with Gasteiger partial charge in [-0.3, -0.25) is 4.79 Å². The predicted octanol–water partition coefficient (Wildman–Crippen LogP) is 3.41. The van der Waals surface area contributed by atoms with Crippen LogP contribution in [0, 0.1) is 23.7 Å². The number of amides is 4. The molecule has 4 saturated carbocycles. The Morgan fingerprint density at radius 1 is 0.939 bits per heavy atom. The first-order valence-electron chi connectivity index (χ1n) is 12.9. The molecule has 5 rings (SSSR count). The molecule has 0 aromatic carbocycles. The first-order valence-corrected chi connectivity index (χ1v) is 12.9. The minimum Gasteiger partial charge on any atom is -0.444 e. The highest BCUT2D eigenvalue weighted by Gasteiger charge is 2.51. The predicted molar refractivity (Wildman–Crippen MR) is 126 cm³/mol. The number of piperidine rings is 1. The van der Waals surface area contributed by atoms with Crippen LogP contribution in [0.15, 0.2) is 0 Å². The molecule has 8 heteroatoms. The Bertz CT molecular complexity index is 704. The molecule has 1 heterocycles. The molecule has 0 unspecified atom stereocenters. The fraction of sp³-hybridized carbons (Fsp3) is 0.880. The number of nitrogens with one attached hydrogen (secondary N) is 3. The van der Waals surface area contributed by atoms with E-state index in [1.807, 2.05) is 25.7 Å². The topological polar surface area (TPSA) is 99.8 Å². The van der Waals surface area contributed by atoms with Crippen LogP contribution in [-0.2, 0) is 9.53 Å². The molecule has 5 fully saturated rings. The molecule has 0 aromatic heterocycles. The van der Waals surface area contributed by atoms with Gasteiger partial charge in [0.15, 0.2) is 0 Å². The van der Waals surface area contributed by atoms with Crippen molar-refractivity contribution < 1.29 is 19.1 Å². The molecule has 0 spiro atoms. The Balaban J connectivity index is 1.10. The van der Waals surface area contributed by atoms with Gasteiger partial charge in [0.2, 0.25) is 5.91 Å². The Morgan fingerprint density at radius 3 is 2.06 bits per heavy atom. The number of alkyl carbamates (subject to hydrolysis) is 1. The zero-order valence-electron chi connectivity index (χ0n) is 20.6. The molecule has 33 heavy (non-hydrogen) atoms. The highest BCUT2D eigenvalue weighted by Crippen LogP contribution is 2.55. The van der Waals surface area contributed by atoms with Crippen molar-refractivity contribution in [2.75, 3.05) is 26.2 Å². The van der Waals surface area contributed by atoms with Gasteiger partial charge >= 0.3 is 12.1 Å². The van der Waals surface area contributed by atoms with Crippen LogP contribution < -0.4 is 16.0 Å². The number of likely N-dealkylation sites (tertiary alicyclic amines) is 1. The first-order chi connectivity index (χ1) is 15.6. The summed E-state index contributed by atoms with van der Waals surface area (Å²) in [6.45, 7) is 7.87. The van der Waals surface area contributed by atoms with Crippen molar-refractivity contribution in [3.8, 4) is 0 Å². The number of rotatable bonds is 6. The molecule has 8 nitrogen and oxygen atoms in total. The third-order valence-electron chi connectivity index (χ3n) is 7.94. The molecule has 5 aliphatic rings. The molecule has 0 atom stereocenters. The summed E-state index contributed by atoms with van der Waals surface area (Å²) in [6, 6.07) is -0.114. The summed E-state index contributed by atoms with van der Waals surface area (Å²) in [6.07, 6.45) is 9.10. The third-order valence-corrected chi connectivity index (χ3v) is 7.94. The van der Waals surface area contributed by atoms with E-state index in [4.69, 9.17) is 4.74 Å². The second-order valence-electron chi connectivity index (χ2n) is 12.0. The summed E-state index contributed by atoms with van der Waals surface area (Å²) in [5.74, 6) is 2.82. The highest BCUT2D eigenvalue weighted by atomic mass is 16.6. The van der Waals surface area contributed by atoms with Gasteiger partial charge in [-0.15, -0.1) is 0 Å². The van der Waals surface area contributed by atoms with Crippen molar-refractivity contribution in [2.45, 2.75) is 89.7 Å². The normalized spacial score (nSPS) is 31.2. The smallest absolute Gasteiger partial charge is 0.407 e. The quantitative estimate of drug-likeness (QED) is 0.563. The van der Waals surface area contributed by atoms with Gasteiger partial charge in [-0.2, -0.15) is 0 Å². The lowest BCUT2D eigenvalue weighted by Crippen LogP contribution is -2.61. The summed E-state index contributed by atoms with van der Waals surface area (Å²) in [5.41, 5.74) is -0.502. The third kappa shape index (κ3) is 6.54. The number of urea groups is 1. The number of hydrogen-bond donors (Lipinski definition) is 3. The van der Waals surface area contributed by atoms with Crippen LogP contribution in [0.25, 0.3) is 0 Å². The molecule has 1 aliphatic heterocycles. The van der Waals surface area contributed by atoms with Gasteiger partial charge < -0.3 is 25.6 Å².